The van der Waals surface area contributed by atoms with Gasteiger partial charge in [-0.1, -0.05) is 12.1 Å². The first-order valence-electron chi connectivity index (χ1n) is 7.17. The first-order chi connectivity index (χ1) is 10.6. The van der Waals surface area contributed by atoms with Gasteiger partial charge in [-0.05, 0) is 43.6 Å². The number of nitrogens with one attached hydrogen (secondary N) is 1. The number of likely N-dealkylation sites (N-methyl/N-ethyl adjacent to an activating group) is 1. The molecule has 0 spiro atoms. The zero-order valence-corrected chi connectivity index (χ0v) is 13.2. The Hall–Kier alpha value is -2.32. The molecule has 1 aliphatic heterocycles. The summed E-state index contributed by atoms with van der Waals surface area (Å²) in [6.45, 7) is 4.72. The first-order valence-corrected chi connectivity index (χ1v) is 7.54. The van der Waals surface area contributed by atoms with Gasteiger partial charge in [0.25, 0.3) is 0 Å². The van der Waals surface area contributed by atoms with Gasteiger partial charge in [0.15, 0.2) is 0 Å². The zero-order valence-electron chi connectivity index (χ0n) is 12.4. The molecular weight excluding hydrogens is 298 g/mol. The molecule has 2 unspecified atom stereocenters. The molecule has 0 amide bonds. The van der Waals surface area contributed by atoms with E-state index in [-0.39, 0.29) is 11.4 Å². The highest BCUT2D eigenvalue weighted by molar-refractivity contribution is 6.28. The Morgan fingerprint density at radius 3 is 2.86 bits per heavy atom. The van der Waals surface area contributed by atoms with Crippen molar-refractivity contribution in [3.8, 4) is 6.07 Å². The zero-order chi connectivity index (χ0) is 15.7. The third-order valence-electron chi connectivity index (χ3n) is 3.81. The summed E-state index contributed by atoms with van der Waals surface area (Å²) < 4.78 is 0. The number of para-hydroxylation sites is 2. The number of fused-ring (bicyclic) bond motifs is 1. The van der Waals surface area contributed by atoms with Gasteiger partial charge in [0.05, 0.1) is 23.1 Å². The van der Waals surface area contributed by atoms with E-state index < -0.39 is 5.92 Å². The van der Waals surface area contributed by atoms with Gasteiger partial charge in [0, 0.05) is 12.2 Å². The van der Waals surface area contributed by atoms with E-state index in [1.807, 2.05) is 31.2 Å². The number of halogens is 1. The van der Waals surface area contributed by atoms with Crippen molar-refractivity contribution in [3.63, 3.8) is 0 Å². The van der Waals surface area contributed by atoms with Gasteiger partial charge < -0.3 is 10.2 Å². The molecule has 6 heteroatoms. The number of hydrogen-bond donors (Lipinski definition) is 1. The lowest BCUT2D eigenvalue weighted by molar-refractivity contribution is 0.622. The number of nitrogens with zero attached hydrogens (tertiary/aromatic N) is 4. The molecule has 0 bridgehead atoms. The van der Waals surface area contributed by atoms with E-state index in [1.54, 1.807) is 0 Å². The van der Waals surface area contributed by atoms with E-state index in [4.69, 9.17) is 11.6 Å². The van der Waals surface area contributed by atoms with Gasteiger partial charge in [-0.15, -0.1) is 0 Å². The van der Waals surface area contributed by atoms with Crippen LogP contribution in [0.5, 0.6) is 0 Å². The number of nitriles is 1. The quantitative estimate of drug-likeness (QED) is 0.881. The highest BCUT2D eigenvalue weighted by Gasteiger charge is 2.35. The van der Waals surface area contributed by atoms with Crippen LogP contribution in [0.2, 0.25) is 5.28 Å². The number of rotatable bonds is 3. The fraction of sp³-hybridized carbons (Fsp3) is 0.312. The molecule has 5 nitrogen and oxygen atoms in total. The van der Waals surface area contributed by atoms with E-state index in [9.17, 15) is 5.26 Å². The average Bonchev–Trinajstić information content (AvgIpc) is 2.85. The lowest BCUT2D eigenvalue weighted by atomic mass is 10.0. The van der Waals surface area contributed by atoms with Crippen molar-refractivity contribution in [3.05, 3.63) is 47.0 Å². The van der Waals surface area contributed by atoms with Gasteiger partial charge in [-0.2, -0.15) is 5.26 Å². The number of aryl methyl sites for hydroxylation is 1. The van der Waals surface area contributed by atoms with Crippen molar-refractivity contribution >= 4 is 23.0 Å². The lowest BCUT2D eigenvalue weighted by Gasteiger charge is -2.28. The van der Waals surface area contributed by atoms with Gasteiger partial charge in [-0.25, -0.2) is 9.97 Å². The van der Waals surface area contributed by atoms with Crippen LogP contribution in [0.15, 0.2) is 30.3 Å². The van der Waals surface area contributed by atoms with E-state index >= 15 is 0 Å². The van der Waals surface area contributed by atoms with Gasteiger partial charge in [0.1, 0.15) is 12.1 Å². The van der Waals surface area contributed by atoms with Crippen LogP contribution in [0, 0.1) is 18.3 Å². The molecule has 1 aromatic heterocycles. The number of benzene rings is 1. The molecule has 22 heavy (non-hydrogen) atoms. The van der Waals surface area contributed by atoms with Crippen LogP contribution in [-0.4, -0.2) is 22.7 Å². The van der Waals surface area contributed by atoms with Crippen LogP contribution in [0.25, 0.3) is 0 Å². The topological polar surface area (TPSA) is 64.8 Å². The lowest BCUT2D eigenvalue weighted by Crippen LogP contribution is -2.40. The molecular formula is C16H16ClN5. The molecule has 112 valence electrons. The van der Waals surface area contributed by atoms with Crippen molar-refractivity contribution in [1.82, 2.24) is 9.97 Å². The minimum atomic E-state index is -0.438. The van der Waals surface area contributed by atoms with Gasteiger partial charge in [0.2, 0.25) is 5.28 Å². The second kappa shape index (κ2) is 5.82. The predicted molar refractivity (Wildman–Crippen MR) is 87.0 cm³/mol. The largest absolute Gasteiger partial charge is 0.362 e. The molecule has 0 saturated carbocycles. The Bertz CT molecular complexity index is 719. The van der Waals surface area contributed by atoms with E-state index in [0.29, 0.717) is 5.69 Å². The monoisotopic (exact) mass is 313 g/mol. The van der Waals surface area contributed by atoms with Crippen LogP contribution >= 0.6 is 11.6 Å². The molecule has 2 heterocycles. The Kier molecular flexibility index (Phi) is 3.86. The van der Waals surface area contributed by atoms with Crippen molar-refractivity contribution < 1.29 is 0 Å². The van der Waals surface area contributed by atoms with E-state index in [2.05, 4.69) is 39.2 Å². The summed E-state index contributed by atoms with van der Waals surface area (Å²) in [7, 11) is 0. The van der Waals surface area contributed by atoms with Crippen LogP contribution in [-0.2, 0) is 0 Å². The molecule has 2 aromatic rings. The highest BCUT2D eigenvalue weighted by atomic mass is 35.5. The standard InChI is InChI=1S/C16H16ClN5/c1-3-22-14-7-5-4-6-12(14)20-15(22)11(9-18)13-8-10(2)19-16(17)21-13/h4-8,11,15,20H,3H2,1-2H3. The maximum absolute atomic E-state index is 9.69. The van der Waals surface area contributed by atoms with E-state index in [0.717, 1.165) is 23.6 Å². The van der Waals surface area contributed by atoms with Crippen molar-refractivity contribution in [2.75, 3.05) is 16.8 Å². The van der Waals surface area contributed by atoms with Crippen molar-refractivity contribution in [2.45, 2.75) is 25.9 Å². The predicted octanol–water partition coefficient (Wildman–Crippen LogP) is 3.32. The number of aromatic nitrogens is 2. The SMILES string of the molecule is CCN1c2ccccc2NC1C(C#N)c1cc(C)nc(Cl)n1. The summed E-state index contributed by atoms with van der Waals surface area (Å²) in [6, 6.07) is 12.2. The summed E-state index contributed by atoms with van der Waals surface area (Å²) >= 11 is 5.95. The minimum Gasteiger partial charge on any atom is -0.362 e. The maximum atomic E-state index is 9.69. The molecule has 0 radical (unpaired) electrons. The Morgan fingerprint density at radius 1 is 1.41 bits per heavy atom. The smallest absolute Gasteiger partial charge is 0.222 e. The summed E-state index contributed by atoms with van der Waals surface area (Å²) in [5, 5.41) is 13.3. The third-order valence-corrected chi connectivity index (χ3v) is 3.98. The maximum Gasteiger partial charge on any atom is 0.222 e. The van der Waals surface area contributed by atoms with Crippen molar-refractivity contribution in [1.29, 1.82) is 5.26 Å². The van der Waals surface area contributed by atoms with Gasteiger partial charge in [-0.3, -0.25) is 0 Å². The number of hydrogen-bond acceptors (Lipinski definition) is 5. The third kappa shape index (κ3) is 2.46. The van der Waals surface area contributed by atoms with Crippen LogP contribution in [0.4, 0.5) is 11.4 Å². The van der Waals surface area contributed by atoms with Crippen LogP contribution in [0.1, 0.15) is 24.2 Å². The van der Waals surface area contributed by atoms with Gasteiger partial charge >= 0.3 is 0 Å². The molecule has 2 atom stereocenters. The average molecular weight is 314 g/mol. The summed E-state index contributed by atoms with van der Waals surface area (Å²) in [4.78, 5) is 10.5. The molecule has 3 rings (SSSR count). The molecule has 0 saturated heterocycles. The Labute approximate surface area is 134 Å². The fourth-order valence-corrected chi connectivity index (χ4v) is 3.11. The normalized spacial score (nSPS) is 17.5. The van der Waals surface area contributed by atoms with Crippen molar-refractivity contribution in [2.24, 2.45) is 0 Å². The molecule has 0 aliphatic carbocycles. The Balaban J connectivity index is 2.00. The second-order valence-corrected chi connectivity index (χ2v) is 5.54. The summed E-state index contributed by atoms with van der Waals surface area (Å²) in [5.41, 5.74) is 3.54. The molecule has 1 aromatic carbocycles. The first kappa shape index (κ1) is 14.6. The van der Waals surface area contributed by atoms with Crippen LogP contribution in [0.3, 0.4) is 0 Å². The molecule has 1 aliphatic rings. The Morgan fingerprint density at radius 2 is 2.18 bits per heavy atom. The molecule has 1 N–H and O–H groups in total. The summed E-state index contributed by atoms with van der Waals surface area (Å²) in [5.74, 6) is -0.438. The minimum absolute atomic E-state index is 0.169. The highest BCUT2D eigenvalue weighted by Crippen LogP contribution is 2.38. The molecule has 0 fully saturated rings. The number of anilines is 2. The van der Waals surface area contributed by atoms with Crippen LogP contribution < -0.4 is 10.2 Å². The van der Waals surface area contributed by atoms with E-state index in [1.165, 1.54) is 0 Å². The summed E-state index contributed by atoms with van der Waals surface area (Å²) in [6.07, 6.45) is -0.169. The second-order valence-electron chi connectivity index (χ2n) is 5.20. The fourth-order valence-electron chi connectivity index (χ4n) is 2.88.